The zero-order chi connectivity index (χ0) is 13.4. The number of esters is 1. The summed E-state index contributed by atoms with van der Waals surface area (Å²) >= 11 is 0. The molecule has 5 nitrogen and oxygen atoms in total. The van der Waals surface area contributed by atoms with Gasteiger partial charge in [-0.25, -0.2) is 9.78 Å². The molecule has 0 amide bonds. The van der Waals surface area contributed by atoms with Crippen LogP contribution in [0, 0.1) is 0 Å². The molecular formula is C14H16N2O3. The largest absolute Gasteiger partial charge is 0.464 e. The number of carbonyl (C=O) groups excluding carboxylic acids is 1. The molecule has 1 unspecified atom stereocenters. The Morgan fingerprint density at radius 1 is 1.58 bits per heavy atom. The van der Waals surface area contributed by atoms with E-state index in [1.165, 1.54) is 12.8 Å². The minimum absolute atomic E-state index is 0.258. The van der Waals surface area contributed by atoms with Gasteiger partial charge in [-0.1, -0.05) is 6.07 Å². The Labute approximate surface area is 110 Å². The van der Waals surface area contributed by atoms with Gasteiger partial charge in [0.15, 0.2) is 6.10 Å². The van der Waals surface area contributed by atoms with E-state index in [-0.39, 0.29) is 6.61 Å². The van der Waals surface area contributed by atoms with E-state index in [4.69, 9.17) is 4.74 Å². The molecule has 0 radical (unpaired) electrons. The van der Waals surface area contributed by atoms with Crippen molar-refractivity contribution in [3.8, 4) is 0 Å². The highest BCUT2D eigenvalue weighted by Crippen LogP contribution is 2.37. The predicted molar refractivity (Wildman–Crippen MR) is 69.6 cm³/mol. The molecular weight excluding hydrogens is 244 g/mol. The first-order valence-electron chi connectivity index (χ1n) is 6.52. The van der Waals surface area contributed by atoms with Crippen LogP contribution in [0.5, 0.6) is 0 Å². The molecule has 1 N–H and O–H groups in total. The summed E-state index contributed by atoms with van der Waals surface area (Å²) in [6, 6.07) is 5.96. The van der Waals surface area contributed by atoms with E-state index in [0.717, 1.165) is 11.0 Å². The van der Waals surface area contributed by atoms with Crippen molar-refractivity contribution in [1.82, 2.24) is 9.55 Å². The lowest BCUT2D eigenvalue weighted by atomic mass is 10.1. The Hall–Kier alpha value is -1.88. The number of nitrogens with zero attached hydrogens (tertiary/aromatic N) is 2. The molecule has 2 aromatic rings. The van der Waals surface area contributed by atoms with Gasteiger partial charge in [-0.2, -0.15) is 0 Å². The minimum Gasteiger partial charge on any atom is -0.464 e. The van der Waals surface area contributed by atoms with Gasteiger partial charge in [-0.3, -0.25) is 0 Å². The molecule has 1 aromatic heterocycles. The number of aliphatic hydroxyl groups excluding tert-OH is 1. The van der Waals surface area contributed by atoms with Gasteiger partial charge in [0.1, 0.15) is 0 Å². The molecule has 1 aliphatic rings. The molecule has 100 valence electrons. The van der Waals surface area contributed by atoms with Gasteiger partial charge in [0.05, 0.1) is 24.0 Å². The molecule has 3 rings (SSSR count). The quantitative estimate of drug-likeness (QED) is 0.854. The van der Waals surface area contributed by atoms with Crippen LogP contribution < -0.4 is 0 Å². The normalized spacial score (nSPS) is 16.5. The van der Waals surface area contributed by atoms with Crippen molar-refractivity contribution < 1.29 is 14.6 Å². The number of carbonyl (C=O) groups is 1. The zero-order valence-corrected chi connectivity index (χ0v) is 10.7. The molecule has 19 heavy (non-hydrogen) atoms. The molecule has 1 atom stereocenters. The monoisotopic (exact) mass is 260 g/mol. The second-order valence-corrected chi connectivity index (χ2v) is 4.79. The zero-order valence-electron chi connectivity index (χ0n) is 10.7. The maximum absolute atomic E-state index is 11.5. The van der Waals surface area contributed by atoms with E-state index in [9.17, 15) is 9.90 Å². The third-order valence-corrected chi connectivity index (χ3v) is 3.36. The van der Waals surface area contributed by atoms with Crippen LogP contribution in [0.1, 0.15) is 37.5 Å². The number of aromatic nitrogens is 2. The van der Waals surface area contributed by atoms with Crippen molar-refractivity contribution in [1.29, 1.82) is 0 Å². The van der Waals surface area contributed by atoms with Crippen molar-refractivity contribution in [3.05, 3.63) is 30.1 Å². The van der Waals surface area contributed by atoms with E-state index < -0.39 is 12.1 Å². The molecule has 5 heteroatoms. The van der Waals surface area contributed by atoms with Crippen molar-refractivity contribution in [2.45, 2.75) is 31.9 Å². The smallest absolute Gasteiger partial charge is 0.339 e. The van der Waals surface area contributed by atoms with Gasteiger partial charge in [-0.05, 0) is 37.5 Å². The van der Waals surface area contributed by atoms with Crippen LogP contribution in [-0.4, -0.2) is 27.2 Å². The van der Waals surface area contributed by atoms with Crippen molar-refractivity contribution in [2.75, 3.05) is 6.61 Å². The highest BCUT2D eigenvalue weighted by atomic mass is 16.5. The average molecular weight is 260 g/mol. The van der Waals surface area contributed by atoms with Crippen LogP contribution in [0.4, 0.5) is 0 Å². The summed E-state index contributed by atoms with van der Waals surface area (Å²) in [5, 5.41) is 9.90. The number of imidazole rings is 1. The van der Waals surface area contributed by atoms with Crippen LogP contribution >= 0.6 is 0 Å². The molecule has 0 aliphatic heterocycles. The number of hydrogen-bond donors (Lipinski definition) is 1. The number of ether oxygens (including phenoxy) is 1. The Kier molecular flexibility index (Phi) is 2.98. The molecule has 0 bridgehead atoms. The highest BCUT2D eigenvalue weighted by molar-refractivity contribution is 5.81. The fourth-order valence-electron chi connectivity index (χ4n) is 2.22. The van der Waals surface area contributed by atoms with Gasteiger partial charge < -0.3 is 14.4 Å². The minimum atomic E-state index is -1.24. The summed E-state index contributed by atoms with van der Waals surface area (Å²) in [6.07, 6.45) is 2.97. The summed E-state index contributed by atoms with van der Waals surface area (Å²) < 4.78 is 6.96. The maximum Gasteiger partial charge on any atom is 0.339 e. The third-order valence-electron chi connectivity index (χ3n) is 3.36. The fraction of sp³-hybridized carbons (Fsp3) is 0.429. The van der Waals surface area contributed by atoms with E-state index in [1.807, 2.05) is 12.4 Å². The summed E-state index contributed by atoms with van der Waals surface area (Å²) in [4.78, 5) is 15.8. The van der Waals surface area contributed by atoms with Crippen molar-refractivity contribution in [3.63, 3.8) is 0 Å². The van der Waals surface area contributed by atoms with Gasteiger partial charge >= 0.3 is 5.97 Å². The number of fused-ring (bicyclic) bond motifs is 1. The molecule has 1 aromatic carbocycles. The molecule has 1 heterocycles. The summed E-state index contributed by atoms with van der Waals surface area (Å²) in [5.74, 6) is -0.622. The molecule has 0 spiro atoms. The van der Waals surface area contributed by atoms with Crippen LogP contribution in [-0.2, 0) is 9.53 Å². The average Bonchev–Trinajstić information content (AvgIpc) is 3.17. The SMILES string of the molecule is CCOC(=O)C(O)c1ccc2c(c1)ncn2C1CC1. The van der Waals surface area contributed by atoms with Crippen LogP contribution in [0.25, 0.3) is 11.0 Å². The first-order valence-corrected chi connectivity index (χ1v) is 6.52. The number of hydrogen-bond acceptors (Lipinski definition) is 4. The van der Waals surface area contributed by atoms with E-state index in [1.54, 1.807) is 19.1 Å². The van der Waals surface area contributed by atoms with E-state index >= 15 is 0 Å². The predicted octanol–water partition coefficient (Wildman–Crippen LogP) is 1.97. The van der Waals surface area contributed by atoms with E-state index in [2.05, 4.69) is 9.55 Å². The number of benzene rings is 1. The Bertz CT molecular complexity index is 616. The summed E-state index contributed by atoms with van der Waals surface area (Å²) in [6.45, 7) is 1.97. The van der Waals surface area contributed by atoms with Gasteiger partial charge in [0.2, 0.25) is 0 Å². The Morgan fingerprint density at radius 2 is 2.37 bits per heavy atom. The van der Waals surface area contributed by atoms with Crippen LogP contribution in [0.3, 0.4) is 0 Å². The van der Waals surface area contributed by atoms with Crippen molar-refractivity contribution in [2.24, 2.45) is 0 Å². The molecule has 1 aliphatic carbocycles. The second-order valence-electron chi connectivity index (χ2n) is 4.79. The Balaban J connectivity index is 1.91. The third kappa shape index (κ3) is 2.21. The van der Waals surface area contributed by atoms with Crippen LogP contribution in [0.15, 0.2) is 24.5 Å². The maximum atomic E-state index is 11.5. The summed E-state index contributed by atoms with van der Waals surface area (Å²) in [5.41, 5.74) is 2.36. The molecule has 0 saturated heterocycles. The highest BCUT2D eigenvalue weighted by Gasteiger charge is 2.25. The van der Waals surface area contributed by atoms with Crippen LogP contribution in [0.2, 0.25) is 0 Å². The number of rotatable bonds is 4. The lowest BCUT2D eigenvalue weighted by Gasteiger charge is -2.10. The van der Waals surface area contributed by atoms with E-state index in [0.29, 0.717) is 11.6 Å². The first kappa shape index (κ1) is 12.2. The number of aliphatic hydroxyl groups is 1. The lowest BCUT2D eigenvalue weighted by Crippen LogP contribution is -2.15. The Morgan fingerprint density at radius 3 is 3.05 bits per heavy atom. The van der Waals surface area contributed by atoms with Gasteiger partial charge in [-0.15, -0.1) is 0 Å². The first-order chi connectivity index (χ1) is 9.20. The topological polar surface area (TPSA) is 64.3 Å². The molecule has 1 saturated carbocycles. The van der Waals surface area contributed by atoms with Gasteiger partial charge in [0.25, 0.3) is 0 Å². The summed E-state index contributed by atoms with van der Waals surface area (Å²) in [7, 11) is 0. The lowest BCUT2D eigenvalue weighted by molar-refractivity contribution is -0.153. The molecule has 1 fully saturated rings. The fourth-order valence-corrected chi connectivity index (χ4v) is 2.22. The standard InChI is InChI=1S/C14H16N2O3/c1-2-19-14(18)13(17)9-3-6-12-11(7-9)15-8-16(12)10-4-5-10/h3,6-8,10,13,17H,2,4-5H2,1H3. The second kappa shape index (κ2) is 4.66. The van der Waals surface area contributed by atoms with Gasteiger partial charge in [0, 0.05) is 6.04 Å². The van der Waals surface area contributed by atoms with Crippen molar-refractivity contribution >= 4 is 17.0 Å².